The minimum atomic E-state index is 0.259. The molecule has 10 heavy (non-hydrogen) atoms. The van der Waals surface area contributed by atoms with E-state index in [1.165, 1.54) is 0 Å². The molecular weight excluding hydrogens is 124 g/mol. The van der Waals surface area contributed by atoms with Gasteiger partial charge in [-0.3, -0.25) is 9.98 Å². The van der Waals surface area contributed by atoms with Crippen molar-refractivity contribution >= 4 is 12.4 Å². The first-order chi connectivity index (χ1) is 4.97. The summed E-state index contributed by atoms with van der Waals surface area (Å²) in [7, 11) is 0. The zero-order chi connectivity index (χ0) is 6.81. The quantitative estimate of drug-likeness (QED) is 0.473. The second-order valence-corrected chi connectivity index (χ2v) is 2.39. The Hall–Kier alpha value is -1.18. The number of fused-ring (bicyclic) bond motifs is 1. The van der Waals surface area contributed by atoms with E-state index in [-0.39, 0.29) is 6.04 Å². The minimum absolute atomic E-state index is 0.259. The van der Waals surface area contributed by atoms with Gasteiger partial charge in [0.15, 0.2) is 0 Å². The van der Waals surface area contributed by atoms with Crippen molar-refractivity contribution in [2.45, 2.75) is 6.04 Å². The highest BCUT2D eigenvalue weighted by atomic mass is 14.8. The van der Waals surface area contributed by atoms with Crippen LogP contribution < -0.4 is 0 Å². The summed E-state index contributed by atoms with van der Waals surface area (Å²) in [4.78, 5) is 8.25. The molecule has 50 valence electrons. The van der Waals surface area contributed by atoms with Crippen LogP contribution in [0, 0.1) is 5.92 Å². The Morgan fingerprint density at radius 3 is 3.10 bits per heavy atom. The summed E-state index contributed by atoms with van der Waals surface area (Å²) in [6.45, 7) is 0. The first-order valence-corrected chi connectivity index (χ1v) is 3.37. The second kappa shape index (κ2) is 2.21. The van der Waals surface area contributed by atoms with Crippen LogP contribution in [0.3, 0.4) is 0 Å². The molecule has 0 radical (unpaired) electrons. The zero-order valence-electron chi connectivity index (χ0n) is 5.51. The van der Waals surface area contributed by atoms with Gasteiger partial charge in [0.1, 0.15) is 0 Å². The lowest BCUT2D eigenvalue weighted by molar-refractivity contribution is 0.722. The number of allylic oxidation sites excluding steroid dienone is 1. The maximum atomic E-state index is 4.24. The van der Waals surface area contributed by atoms with Crippen molar-refractivity contribution in [3.05, 3.63) is 24.4 Å². The van der Waals surface area contributed by atoms with Gasteiger partial charge in [-0.25, -0.2) is 0 Å². The summed E-state index contributed by atoms with van der Waals surface area (Å²) in [6, 6.07) is 0.259. The van der Waals surface area contributed by atoms with E-state index in [1.807, 2.05) is 24.7 Å². The van der Waals surface area contributed by atoms with Crippen LogP contribution >= 0.6 is 0 Å². The molecule has 0 saturated heterocycles. The molecule has 0 aliphatic carbocycles. The Labute approximate surface area is 59.7 Å². The van der Waals surface area contributed by atoms with Crippen molar-refractivity contribution in [3.63, 3.8) is 0 Å². The molecule has 0 fully saturated rings. The Balaban J connectivity index is 2.28. The smallest absolute Gasteiger partial charge is 0.0947 e. The highest BCUT2D eigenvalue weighted by Crippen LogP contribution is 2.15. The van der Waals surface area contributed by atoms with Crippen LogP contribution in [-0.4, -0.2) is 18.5 Å². The second-order valence-electron chi connectivity index (χ2n) is 2.39. The van der Waals surface area contributed by atoms with Crippen molar-refractivity contribution in [3.8, 4) is 0 Å². The van der Waals surface area contributed by atoms with Crippen LogP contribution in [0.4, 0.5) is 0 Å². The Morgan fingerprint density at radius 2 is 2.20 bits per heavy atom. The summed E-state index contributed by atoms with van der Waals surface area (Å²) in [6.07, 6.45) is 11.7. The fourth-order valence-corrected chi connectivity index (χ4v) is 1.14. The third-order valence-corrected chi connectivity index (χ3v) is 1.71. The van der Waals surface area contributed by atoms with E-state index >= 15 is 0 Å². The van der Waals surface area contributed by atoms with Crippen LogP contribution in [0.15, 0.2) is 34.4 Å². The first kappa shape index (κ1) is 5.59. The average molecular weight is 132 g/mol. The number of dihydropyridines is 1. The van der Waals surface area contributed by atoms with Gasteiger partial charge in [-0.1, -0.05) is 12.2 Å². The SMILES string of the molecule is C1=CC2C=CN=CC2N=C1. The lowest BCUT2D eigenvalue weighted by Crippen LogP contribution is -2.20. The fourth-order valence-electron chi connectivity index (χ4n) is 1.14. The normalized spacial score (nSPS) is 34.4. The van der Waals surface area contributed by atoms with Crippen LogP contribution in [0.1, 0.15) is 0 Å². The molecule has 0 bridgehead atoms. The van der Waals surface area contributed by atoms with E-state index in [0.29, 0.717) is 5.92 Å². The average Bonchev–Trinajstić information content (AvgIpc) is 2.05. The predicted octanol–water partition coefficient (Wildman–Crippen LogP) is 1.21. The minimum Gasteiger partial charge on any atom is -0.283 e. The standard InChI is InChI=1S/C8H8N2/c1-2-7-3-5-9-6-8(7)10-4-1/h1-8H. The lowest BCUT2D eigenvalue weighted by atomic mass is 9.97. The van der Waals surface area contributed by atoms with Crippen LogP contribution in [0.5, 0.6) is 0 Å². The maximum Gasteiger partial charge on any atom is 0.0947 e. The molecule has 0 aromatic carbocycles. The number of hydrogen-bond acceptors (Lipinski definition) is 2. The number of rotatable bonds is 0. The third kappa shape index (κ3) is 0.817. The van der Waals surface area contributed by atoms with Gasteiger partial charge in [-0.15, -0.1) is 0 Å². The van der Waals surface area contributed by atoms with Gasteiger partial charge in [0, 0.05) is 24.5 Å². The van der Waals surface area contributed by atoms with Crippen LogP contribution in [0.2, 0.25) is 0 Å². The molecule has 0 spiro atoms. The Kier molecular flexibility index (Phi) is 1.24. The summed E-state index contributed by atoms with van der Waals surface area (Å²) in [5, 5.41) is 0. The molecule has 0 amide bonds. The first-order valence-electron chi connectivity index (χ1n) is 3.37. The van der Waals surface area contributed by atoms with Crippen molar-refractivity contribution in [1.82, 2.24) is 0 Å². The molecule has 2 unspecified atom stereocenters. The molecule has 2 nitrogen and oxygen atoms in total. The summed E-state index contributed by atoms with van der Waals surface area (Å²) in [5.41, 5.74) is 0. The lowest BCUT2D eigenvalue weighted by Gasteiger charge is -2.17. The highest BCUT2D eigenvalue weighted by Gasteiger charge is 2.16. The van der Waals surface area contributed by atoms with Crippen molar-refractivity contribution in [2.75, 3.05) is 0 Å². The summed E-state index contributed by atoms with van der Waals surface area (Å²) in [5.74, 6) is 0.447. The van der Waals surface area contributed by atoms with Crippen molar-refractivity contribution in [2.24, 2.45) is 15.9 Å². The van der Waals surface area contributed by atoms with Gasteiger partial charge in [-0.2, -0.15) is 0 Å². The molecule has 0 aromatic heterocycles. The molecule has 2 aliphatic heterocycles. The summed E-state index contributed by atoms with van der Waals surface area (Å²) >= 11 is 0. The van der Waals surface area contributed by atoms with Crippen molar-refractivity contribution < 1.29 is 0 Å². The van der Waals surface area contributed by atoms with Gasteiger partial charge in [0.25, 0.3) is 0 Å². The number of nitrogens with zero attached hydrogens (tertiary/aromatic N) is 2. The molecule has 2 atom stereocenters. The molecule has 2 aliphatic rings. The van der Waals surface area contributed by atoms with E-state index < -0.39 is 0 Å². The number of aliphatic imine (C=N–C) groups is 2. The third-order valence-electron chi connectivity index (χ3n) is 1.71. The molecule has 2 heteroatoms. The zero-order valence-corrected chi connectivity index (χ0v) is 5.51. The molecule has 2 heterocycles. The molecule has 0 saturated carbocycles. The van der Waals surface area contributed by atoms with Crippen molar-refractivity contribution in [1.29, 1.82) is 0 Å². The molecule has 0 aromatic rings. The van der Waals surface area contributed by atoms with E-state index in [0.717, 1.165) is 0 Å². The van der Waals surface area contributed by atoms with E-state index in [9.17, 15) is 0 Å². The van der Waals surface area contributed by atoms with Gasteiger partial charge in [0.2, 0.25) is 0 Å². The van der Waals surface area contributed by atoms with Gasteiger partial charge in [0.05, 0.1) is 6.04 Å². The van der Waals surface area contributed by atoms with Crippen LogP contribution in [-0.2, 0) is 0 Å². The Morgan fingerprint density at radius 1 is 1.20 bits per heavy atom. The van der Waals surface area contributed by atoms with E-state index in [4.69, 9.17) is 0 Å². The van der Waals surface area contributed by atoms with E-state index in [2.05, 4.69) is 22.1 Å². The largest absolute Gasteiger partial charge is 0.283 e. The van der Waals surface area contributed by atoms with Gasteiger partial charge < -0.3 is 0 Å². The van der Waals surface area contributed by atoms with Gasteiger partial charge in [-0.05, 0) is 6.08 Å². The summed E-state index contributed by atoms with van der Waals surface area (Å²) < 4.78 is 0. The maximum absolute atomic E-state index is 4.24. The highest BCUT2D eigenvalue weighted by molar-refractivity contribution is 5.79. The predicted molar refractivity (Wildman–Crippen MR) is 42.5 cm³/mol. The number of hydrogen-bond donors (Lipinski definition) is 0. The van der Waals surface area contributed by atoms with Gasteiger partial charge >= 0.3 is 0 Å². The molecular formula is C8H8N2. The molecule has 0 N–H and O–H groups in total. The fraction of sp³-hybridized carbons (Fsp3) is 0.250. The monoisotopic (exact) mass is 132 g/mol. The Bertz CT molecular complexity index is 186. The topological polar surface area (TPSA) is 24.7 Å². The van der Waals surface area contributed by atoms with Crippen LogP contribution in [0.25, 0.3) is 0 Å². The van der Waals surface area contributed by atoms with E-state index in [1.54, 1.807) is 0 Å². The molecule has 2 rings (SSSR count).